The molecule has 0 unspecified atom stereocenters. The Kier molecular flexibility index (Phi) is 5.39. The fraction of sp³-hybridized carbons (Fsp3) is 0.421. The highest BCUT2D eigenvalue weighted by molar-refractivity contribution is 5.24. The summed E-state index contributed by atoms with van der Waals surface area (Å²) in [5, 5.41) is 0. The van der Waals surface area contributed by atoms with Crippen LogP contribution in [0.4, 0.5) is 13.2 Å². The van der Waals surface area contributed by atoms with E-state index in [1.807, 2.05) is 12.1 Å². The van der Waals surface area contributed by atoms with E-state index in [2.05, 4.69) is 21.7 Å². The van der Waals surface area contributed by atoms with E-state index < -0.39 is 11.7 Å². The van der Waals surface area contributed by atoms with Crippen molar-refractivity contribution in [3.63, 3.8) is 0 Å². The minimum absolute atomic E-state index is 0.493. The van der Waals surface area contributed by atoms with E-state index in [1.54, 1.807) is 24.5 Å². The van der Waals surface area contributed by atoms with Crippen LogP contribution >= 0.6 is 0 Å². The molecule has 0 spiro atoms. The molecule has 1 aliphatic heterocycles. The summed E-state index contributed by atoms with van der Waals surface area (Å²) in [6, 6.07) is 10.0. The van der Waals surface area contributed by atoms with Gasteiger partial charge in [-0.2, -0.15) is 13.2 Å². The van der Waals surface area contributed by atoms with Crippen molar-refractivity contribution in [2.75, 3.05) is 19.6 Å². The molecule has 0 amide bonds. The first kappa shape index (κ1) is 17.9. The maximum absolute atomic E-state index is 12.6. The molecule has 3 rings (SSSR count). The normalized spacial score (nSPS) is 16.2. The molecule has 0 radical (unpaired) electrons. The highest BCUT2D eigenvalue weighted by Crippen LogP contribution is 2.29. The number of aromatic nitrogens is 1. The standard InChI is InChI=1S/C19H22F3N3/c1-2-25(12-16-7-9-23-10-8-16)18-13-24(14-18)11-15-3-5-17(6-4-15)19(20,21)22/h3-10,18H,2,11-14H2,1H3. The van der Waals surface area contributed by atoms with Gasteiger partial charge >= 0.3 is 6.18 Å². The van der Waals surface area contributed by atoms with Gasteiger partial charge in [-0.3, -0.25) is 14.8 Å². The van der Waals surface area contributed by atoms with Crippen LogP contribution < -0.4 is 0 Å². The van der Waals surface area contributed by atoms with Crippen LogP contribution in [0.1, 0.15) is 23.6 Å². The quantitative estimate of drug-likeness (QED) is 0.791. The largest absolute Gasteiger partial charge is 0.416 e. The van der Waals surface area contributed by atoms with Crippen molar-refractivity contribution in [2.24, 2.45) is 0 Å². The van der Waals surface area contributed by atoms with Crippen LogP contribution in [-0.2, 0) is 19.3 Å². The van der Waals surface area contributed by atoms with Crippen LogP contribution in [0.5, 0.6) is 0 Å². The second-order valence-corrected chi connectivity index (χ2v) is 6.46. The van der Waals surface area contributed by atoms with Crippen molar-refractivity contribution in [1.29, 1.82) is 0 Å². The van der Waals surface area contributed by atoms with Gasteiger partial charge in [0, 0.05) is 44.6 Å². The monoisotopic (exact) mass is 349 g/mol. The molecule has 1 aromatic heterocycles. The molecule has 2 heterocycles. The summed E-state index contributed by atoms with van der Waals surface area (Å²) in [6.07, 6.45) is -0.656. The maximum Gasteiger partial charge on any atom is 0.416 e. The molecule has 0 N–H and O–H groups in total. The summed E-state index contributed by atoms with van der Waals surface area (Å²) in [4.78, 5) is 8.74. The van der Waals surface area contributed by atoms with Gasteiger partial charge in [0.05, 0.1) is 5.56 Å². The fourth-order valence-corrected chi connectivity index (χ4v) is 3.18. The number of halogens is 3. The Morgan fingerprint density at radius 2 is 1.68 bits per heavy atom. The number of pyridine rings is 1. The zero-order chi connectivity index (χ0) is 17.9. The van der Waals surface area contributed by atoms with Gasteiger partial charge in [0.15, 0.2) is 0 Å². The second-order valence-electron chi connectivity index (χ2n) is 6.46. The minimum Gasteiger partial charge on any atom is -0.296 e. The van der Waals surface area contributed by atoms with Crippen molar-refractivity contribution in [3.05, 3.63) is 65.5 Å². The summed E-state index contributed by atoms with van der Waals surface area (Å²) >= 11 is 0. The number of alkyl halides is 3. The molecule has 1 aliphatic rings. The Labute approximate surface area is 146 Å². The summed E-state index contributed by atoms with van der Waals surface area (Å²) in [7, 11) is 0. The lowest BCUT2D eigenvalue weighted by molar-refractivity contribution is -0.137. The average molecular weight is 349 g/mol. The molecular weight excluding hydrogens is 327 g/mol. The minimum atomic E-state index is -4.27. The average Bonchev–Trinajstić information content (AvgIpc) is 2.56. The zero-order valence-electron chi connectivity index (χ0n) is 14.2. The lowest BCUT2D eigenvalue weighted by atomic mass is 10.0. The molecule has 25 heavy (non-hydrogen) atoms. The third-order valence-corrected chi connectivity index (χ3v) is 4.68. The van der Waals surface area contributed by atoms with Crippen molar-refractivity contribution in [2.45, 2.75) is 32.2 Å². The maximum atomic E-state index is 12.6. The topological polar surface area (TPSA) is 19.4 Å². The molecule has 6 heteroatoms. The summed E-state index contributed by atoms with van der Waals surface area (Å²) in [5.41, 5.74) is 1.58. The van der Waals surface area contributed by atoms with Gasteiger partial charge in [0.25, 0.3) is 0 Å². The van der Waals surface area contributed by atoms with Gasteiger partial charge in [0.2, 0.25) is 0 Å². The highest BCUT2D eigenvalue weighted by atomic mass is 19.4. The predicted molar refractivity (Wildman–Crippen MR) is 90.8 cm³/mol. The predicted octanol–water partition coefficient (Wildman–Crippen LogP) is 3.81. The molecule has 0 bridgehead atoms. The van der Waals surface area contributed by atoms with Crippen LogP contribution in [0.25, 0.3) is 0 Å². The van der Waals surface area contributed by atoms with E-state index in [-0.39, 0.29) is 0 Å². The smallest absolute Gasteiger partial charge is 0.296 e. The number of likely N-dealkylation sites (tertiary alicyclic amines) is 1. The van der Waals surface area contributed by atoms with Crippen molar-refractivity contribution >= 4 is 0 Å². The first-order valence-corrected chi connectivity index (χ1v) is 8.47. The van der Waals surface area contributed by atoms with E-state index >= 15 is 0 Å². The van der Waals surface area contributed by atoms with Gasteiger partial charge in [0.1, 0.15) is 0 Å². The summed E-state index contributed by atoms with van der Waals surface area (Å²) in [6.45, 7) is 6.61. The van der Waals surface area contributed by atoms with E-state index in [0.717, 1.165) is 43.9 Å². The number of nitrogens with zero attached hydrogens (tertiary/aromatic N) is 3. The third-order valence-electron chi connectivity index (χ3n) is 4.68. The lowest BCUT2D eigenvalue weighted by Crippen LogP contribution is -2.58. The molecule has 0 saturated carbocycles. The molecule has 1 fully saturated rings. The third kappa shape index (κ3) is 4.58. The lowest BCUT2D eigenvalue weighted by Gasteiger charge is -2.45. The Morgan fingerprint density at radius 1 is 1.04 bits per heavy atom. The molecule has 0 aliphatic carbocycles. The second kappa shape index (κ2) is 7.54. The van der Waals surface area contributed by atoms with Crippen LogP contribution in [0.15, 0.2) is 48.8 Å². The van der Waals surface area contributed by atoms with Gasteiger partial charge in [-0.05, 0) is 41.9 Å². The Bertz CT molecular complexity index is 665. The van der Waals surface area contributed by atoms with Crippen LogP contribution in [0.3, 0.4) is 0 Å². The van der Waals surface area contributed by atoms with Gasteiger partial charge in [-0.25, -0.2) is 0 Å². The number of rotatable bonds is 6. The van der Waals surface area contributed by atoms with Crippen LogP contribution in [-0.4, -0.2) is 40.5 Å². The molecule has 2 aromatic rings. The molecule has 1 saturated heterocycles. The Balaban J connectivity index is 1.50. The molecule has 1 aromatic carbocycles. The van der Waals surface area contributed by atoms with E-state index in [9.17, 15) is 13.2 Å². The van der Waals surface area contributed by atoms with E-state index in [4.69, 9.17) is 0 Å². The number of hydrogen-bond acceptors (Lipinski definition) is 3. The Morgan fingerprint density at radius 3 is 2.24 bits per heavy atom. The molecular formula is C19H22F3N3. The van der Waals surface area contributed by atoms with Crippen LogP contribution in [0, 0.1) is 0 Å². The summed E-state index contributed by atoms with van der Waals surface area (Å²) in [5.74, 6) is 0. The first-order chi connectivity index (χ1) is 12.0. The fourth-order valence-electron chi connectivity index (χ4n) is 3.18. The van der Waals surface area contributed by atoms with Gasteiger partial charge in [-0.1, -0.05) is 19.1 Å². The van der Waals surface area contributed by atoms with E-state index in [0.29, 0.717) is 12.6 Å². The molecule has 0 atom stereocenters. The van der Waals surface area contributed by atoms with E-state index in [1.165, 1.54) is 5.56 Å². The van der Waals surface area contributed by atoms with Crippen LogP contribution in [0.2, 0.25) is 0 Å². The number of hydrogen-bond donors (Lipinski definition) is 0. The first-order valence-electron chi connectivity index (χ1n) is 8.47. The van der Waals surface area contributed by atoms with Crippen molar-refractivity contribution < 1.29 is 13.2 Å². The molecule has 3 nitrogen and oxygen atoms in total. The SMILES string of the molecule is CCN(Cc1ccncc1)C1CN(Cc2ccc(C(F)(F)F)cc2)C1. The number of benzene rings is 1. The van der Waals surface area contributed by atoms with Crippen molar-refractivity contribution in [3.8, 4) is 0 Å². The molecule has 134 valence electrons. The summed E-state index contributed by atoms with van der Waals surface area (Å²) < 4.78 is 37.8. The van der Waals surface area contributed by atoms with Crippen molar-refractivity contribution in [1.82, 2.24) is 14.8 Å². The van der Waals surface area contributed by atoms with Gasteiger partial charge < -0.3 is 0 Å². The highest BCUT2D eigenvalue weighted by Gasteiger charge is 2.32. The number of likely N-dealkylation sites (N-methyl/N-ethyl adjacent to an activating group) is 1. The Hall–Kier alpha value is -1.92. The zero-order valence-corrected chi connectivity index (χ0v) is 14.2. The van der Waals surface area contributed by atoms with Gasteiger partial charge in [-0.15, -0.1) is 0 Å².